The van der Waals surface area contributed by atoms with Gasteiger partial charge in [-0.15, -0.1) is 0 Å². The molecule has 0 saturated carbocycles. The van der Waals surface area contributed by atoms with Crippen LogP contribution in [0.5, 0.6) is 0 Å². The number of hydrogen-bond donors (Lipinski definition) is 0. The van der Waals surface area contributed by atoms with Gasteiger partial charge < -0.3 is 9.15 Å². The van der Waals surface area contributed by atoms with Crippen LogP contribution in [-0.2, 0) is 21.3 Å². The molecule has 0 atom stereocenters. The van der Waals surface area contributed by atoms with Crippen molar-refractivity contribution >= 4 is 10.0 Å². The van der Waals surface area contributed by atoms with Gasteiger partial charge in [-0.1, -0.05) is 0 Å². The van der Waals surface area contributed by atoms with E-state index in [1.165, 1.54) is 23.5 Å². The Morgan fingerprint density at radius 2 is 1.96 bits per heavy atom. The Labute approximate surface area is 139 Å². The zero-order valence-corrected chi connectivity index (χ0v) is 14.2. The number of ether oxygens (including phenoxy) is 1. The van der Waals surface area contributed by atoms with E-state index in [4.69, 9.17) is 9.15 Å². The molecule has 2 rings (SSSR count). The van der Waals surface area contributed by atoms with Crippen LogP contribution in [-0.4, -0.2) is 63.7 Å². The van der Waals surface area contributed by atoms with Gasteiger partial charge in [0.15, 0.2) is 0 Å². The zero-order valence-electron chi connectivity index (χ0n) is 13.4. The third-order valence-corrected chi connectivity index (χ3v) is 5.46. The predicted molar refractivity (Wildman–Crippen MR) is 79.9 cm³/mol. The summed E-state index contributed by atoms with van der Waals surface area (Å²) in [5.41, 5.74) is 0. The third-order valence-electron chi connectivity index (χ3n) is 3.69. The molecule has 0 aromatic carbocycles. The molecule has 0 amide bonds. The predicted octanol–water partition coefficient (Wildman–Crippen LogP) is 2.07. The van der Waals surface area contributed by atoms with Gasteiger partial charge in [0.1, 0.15) is 5.76 Å². The van der Waals surface area contributed by atoms with Crippen LogP contribution in [0.2, 0.25) is 0 Å². The van der Waals surface area contributed by atoms with Crippen LogP contribution in [0.25, 0.3) is 0 Å². The molecule has 0 aliphatic carbocycles. The van der Waals surface area contributed by atoms with Crippen molar-refractivity contribution < 1.29 is 30.7 Å². The first-order valence-corrected chi connectivity index (χ1v) is 9.03. The summed E-state index contributed by atoms with van der Waals surface area (Å²) in [4.78, 5) is 1.11. The minimum absolute atomic E-state index is 0.0604. The van der Waals surface area contributed by atoms with Gasteiger partial charge in [0, 0.05) is 26.7 Å². The summed E-state index contributed by atoms with van der Waals surface area (Å²) >= 11 is 0. The first-order valence-electron chi connectivity index (χ1n) is 7.59. The second-order valence-electron chi connectivity index (χ2n) is 5.65. The number of nitrogens with zero attached hydrogens (tertiary/aromatic N) is 2. The largest absolute Gasteiger partial charge is 0.447 e. The molecule has 1 aromatic heterocycles. The van der Waals surface area contributed by atoms with E-state index in [2.05, 4.69) is 0 Å². The molecule has 138 valence electrons. The van der Waals surface area contributed by atoms with Crippen LogP contribution in [0.1, 0.15) is 18.6 Å². The lowest BCUT2D eigenvalue weighted by atomic mass is 10.4. The van der Waals surface area contributed by atoms with E-state index >= 15 is 0 Å². The van der Waals surface area contributed by atoms with Crippen LogP contribution in [0.15, 0.2) is 21.6 Å². The normalized spacial score (nSPS) is 17.0. The molecule has 1 saturated heterocycles. The summed E-state index contributed by atoms with van der Waals surface area (Å²) < 4.78 is 74.0. The van der Waals surface area contributed by atoms with E-state index in [1.807, 2.05) is 0 Å². The van der Waals surface area contributed by atoms with Crippen LogP contribution in [0.4, 0.5) is 13.2 Å². The quantitative estimate of drug-likeness (QED) is 0.701. The number of alkyl halides is 3. The smallest absolute Gasteiger partial charge is 0.401 e. The highest BCUT2D eigenvalue weighted by atomic mass is 32.2. The topological polar surface area (TPSA) is 63.0 Å². The van der Waals surface area contributed by atoms with Gasteiger partial charge >= 0.3 is 6.18 Å². The average Bonchev–Trinajstić information content (AvgIpc) is 3.14. The molecule has 0 spiro atoms. The monoisotopic (exact) mass is 370 g/mol. The van der Waals surface area contributed by atoms with E-state index in [-0.39, 0.29) is 30.5 Å². The van der Waals surface area contributed by atoms with Crippen LogP contribution in [0.3, 0.4) is 0 Å². The van der Waals surface area contributed by atoms with Gasteiger partial charge in [0.2, 0.25) is 5.09 Å². The highest BCUT2D eigenvalue weighted by molar-refractivity contribution is 7.89. The SMILES string of the molecule is COCCN(Cc1ccc(S(=O)(=O)N2CCCC2)o1)CC(F)(F)F. The molecule has 1 aromatic rings. The van der Waals surface area contributed by atoms with Gasteiger partial charge in [-0.3, -0.25) is 4.90 Å². The summed E-state index contributed by atoms with van der Waals surface area (Å²) in [7, 11) is -2.30. The fraction of sp³-hybridized carbons (Fsp3) is 0.714. The third kappa shape index (κ3) is 5.20. The highest BCUT2D eigenvalue weighted by Crippen LogP contribution is 2.24. The number of hydrogen-bond acceptors (Lipinski definition) is 5. The summed E-state index contributed by atoms with van der Waals surface area (Å²) in [5, 5.41) is -0.224. The molecule has 10 heteroatoms. The van der Waals surface area contributed by atoms with E-state index in [1.54, 1.807) is 0 Å². The lowest BCUT2D eigenvalue weighted by Crippen LogP contribution is -2.35. The van der Waals surface area contributed by atoms with Crippen molar-refractivity contribution in [1.29, 1.82) is 0 Å². The molecule has 1 fully saturated rings. The van der Waals surface area contributed by atoms with E-state index in [9.17, 15) is 21.6 Å². The molecule has 0 unspecified atom stereocenters. The fourth-order valence-corrected chi connectivity index (χ4v) is 3.99. The minimum atomic E-state index is -4.36. The van der Waals surface area contributed by atoms with Crippen molar-refractivity contribution in [3.8, 4) is 0 Å². The first-order chi connectivity index (χ1) is 11.2. The number of furan rings is 1. The van der Waals surface area contributed by atoms with Crippen molar-refractivity contribution in [2.45, 2.75) is 30.7 Å². The average molecular weight is 370 g/mol. The number of halogens is 3. The number of sulfonamides is 1. The number of methoxy groups -OCH3 is 1. The van der Waals surface area contributed by atoms with Crippen molar-refractivity contribution in [3.63, 3.8) is 0 Å². The van der Waals surface area contributed by atoms with Crippen LogP contribution >= 0.6 is 0 Å². The number of rotatable bonds is 8. The Morgan fingerprint density at radius 1 is 1.29 bits per heavy atom. The summed E-state index contributed by atoms with van der Waals surface area (Å²) in [6.45, 7) is -0.191. The molecule has 6 nitrogen and oxygen atoms in total. The summed E-state index contributed by atoms with van der Waals surface area (Å²) in [6, 6.07) is 2.70. The maximum Gasteiger partial charge on any atom is 0.401 e. The van der Waals surface area contributed by atoms with Crippen LogP contribution < -0.4 is 0 Å². The maximum absolute atomic E-state index is 12.6. The second-order valence-corrected chi connectivity index (χ2v) is 7.52. The van der Waals surface area contributed by atoms with Crippen molar-refractivity contribution in [2.24, 2.45) is 0 Å². The Morgan fingerprint density at radius 3 is 2.54 bits per heavy atom. The highest BCUT2D eigenvalue weighted by Gasteiger charge is 2.32. The lowest BCUT2D eigenvalue weighted by molar-refractivity contribution is -0.148. The summed E-state index contributed by atoms with van der Waals surface area (Å²) in [5.74, 6) is 0.174. The molecule has 24 heavy (non-hydrogen) atoms. The standard InChI is InChI=1S/C14H21F3N2O4S/c1-22-9-8-18(11-14(15,16)17)10-12-4-5-13(23-12)24(20,21)19-6-2-3-7-19/h4-5H,2-3,6-11H2,1H3. The molecular formula is C14H21F3N2O4S. The van der Waals surface area contributed by atoms with Gasteiger partial charge in [-0.05, 0) is 25.0 Å². The van der Waals surface area contributed by atoms with E-state index in [0.29, 0.717) is 13.1 Å². The van der Waals surface area contributed by atoms with Crippen LogP contribution in [0, 0.1) is 0 Å². The summed E-state index contributed by atoms with van der Waals surface area (Å²) in [6.07, 6.45) is -2.77. The molecule has 0 N–H and O–H groups in total. The van der Waals surface area contributed by atoms with Crippen molar-refractivity contribution in [2.75, 3.05) is 39.9 Å². The molecule has 2 heterocycles. The van der Waals surface area contributed by atoms with E-state index < -0.39 is 22.7 Å². The molecule has 0 radical (unpaired) electrons. The molecule has 1 aliphatic rings. The van der Waals surface area contributed by atoms with Gasteiger partial charge in [-0.2, -0.15) is 17.5 Å². The second kappa shape index (κ2) is 7.85. The Bertz CT molecular complexity index is 624. The van der Waals surface area contributed by atoms with Crippen molar-refractivity contribution in [1.82, 2.24) is 9.21 Å². The Hall–Kier alpha value is -1.10. The molecule has 0 bridgehead atoms. The first kappa shape index (κ1) is 19.2. The van der Waals surface area contributed by atoms with Gasteiger partial charge in [-0.25, -0.2) is 8.42 Å². The van der Waals surface area contributed by atoms with E-state index in [0.717, 1.165) is 17.7 Å². The lowest BCUT2D eigenvalue weighted by Gasteiger charge is -2.22. The van der Waals surface area contributed by atoms with Crippen molar-refractivity contribution in [3.05, 3.63) is 17.9 Å². The minimum Gasteiger partial charge on any atom is -0.447 e. The maximum atomic E-state index is 12.6. The fourth-order valence-electron chi connectivity index (χ4n) is 2.55. The van der Waals surface area contributed by atoms with Gasteiger partial charge in [0.25, 0.3) is 10.0 Å². The molecule has 1 aliphatic heterocycles. The molecular weight excluding hydrogens is 349 g/mol. The van der Waals surface area contributed by atoms with Gasteiger partial charge in [0.05, 0.1) is 19.7 Å². The zero-order chi connectivity index (χ0) is 17.8. The Balaban J connectivity index is 2.07. The Kier molecular flexibility index (Phi) is 6.29.